The molecule has 136 valence electrons. The maximum absolute atomic E-state index is 11.5. The number of benzene rings is 2. The molecule has 2 atom stereocenters. The Morgan fingerprint density at radius 1 is 1.04 bits per heavy atom. The fourth-order valence-corrected chi connectivity index (χ4v) is 3.36. The molecule has 3 rings (SSSR count). The van der Waals surface area contributed by atoms with Gasteiger partial charge in [-0.05, 0) is 42.8 Å². The van der Waals surface area contributed by atoms with Crippen LogP contribution in [0.2, 0.25) is 5.02 Å². The van der Waals surface area contributed by atoms with Gasteiger partial charge in [-0.25, -0.2) is 0 Å². The second-order valence-electron chi connectivity index (χ2n) is 6.09. The van der Waals surface area contributed by atoms with E-state index in [4.69, 9.17) is 16.3 Å². The first kappa shape index (κ1) is 20.2. The number of methoxy groups -OCH3 is 1. The highest BCUT2D eigenvalue weighted by Crippen LogP contribution is 2.44. The lowest BCUT2D eigenvalue weighted by Crippen LogP contribution is -2.32. The van der Waals surface area contributed by atoms with Crippen molar-refractivity contribution in [2.75, 3.05) is 7.11 Å². The molecule has 0 bridgehead atoms. The molecule has 0 aliphatic rings. The van der Waals surface area contributed by atoms with Gasteiger partial charge in [-0.1, -0.05) is 48.0 Å². The third-order valence-electron chi connectivity index (χ3n) is 4.40. The van der Waals surface area contributed by atoms with Crippen molar-refractivity contribution < 1.29 is 9.84 Å². The lowest BCUT2D eigenvalue weighted by Gasteiger charge is -2.34. The zero-order valence-electron chi connectivity index (χ0n) is 14.6. The SMILES string of the molecule is COc1ccccc1C(c1ccccn1)C(C)(O)c1cccc(Cl)c1.Cl. The first-order valence-corrected chi connectivity index (χ1v) is 8.44. The summed E-state index contributed by atoms with van der Waals surface area (Å²) in [5, 5.41) is 12.1. The molecule has 2 aromatic carbocycles. The predicted octanol–water partition coefficient (Wildman–Crippen LogP) is 5.21. The molecule has 0 fully saturated rings. The van der Waals surface area contributed by atoms with E-state index in [0.29, 0.717) is 10.8 Å². The van der Waals surface area contributed by atoms with Crippen molar-refractivity contribution in [3.05, 3.63) is 94.8 Å². The maximum Gasteiger partial charge on any atom is 0.122 e. The van der Waals surface area contributed by atoms with Crippen LogP contribution in [0.3, 0.4) is 0 Å². The minimum Gasteiger partial charge on any atom is -0.496 e. The van der Waals surface area contributed by atoms with Crippen LogP contribution in [0.5, 0.6) is 5.75 Å². The minimum absolute atomic E-state index is 0. The van der Waals surface area contributed by atoms with Gasteiger partial charge in [0.05, 0.1) is 24.3 Å². The molecule has 3 nitrogen and oxygen atoms in total. The summed E-state index contributed by atoms with van der Waals surface area (Å²) in [6.45, 7) is 1.78. The minimum atomic E-state index is -1.23. The number of hydrogen-bond donors (Lipinski definition) is 1. The van der Waals surface area contributed by atoms with E-state index in [1.807, 2.05) is 54.6 Å². The first-order chi connectivity index (χ1) is 12.0. The molecule has 0 aliphatic carbocycles. The van der Waals surface area contributed by atoms with Crippen molar-refractivity contribution in [2.24, 2.45) is 0 Å². The van der Waals surface area contributed by atoms with E-state index in [9.17, 15) is 5.11 Å². The van der Waals surface area contributed by atoms with Crippen LogP contribution in [0, 0.1) is 0 Å². The second-order valence-corrected chi connectivity index (χ2v) is 6.52. The van der Waals surface area contributed by atoms with Gasteiger partial charge in [-0.15, -0.1) is 12.4 Å². The summed E-state index contributed by atoms with van der Waals surface area (Å²) in [6, 6.07) is 20.7. The zero-order valence-corrected chi connectivity index (χ0v) is 16.2. The van der Waals surface area contributed by atoms with Crippen molar-refractivity contribution in [2.45, 2.75) is 18.4 Å². The fourth-order valence-electron chi connectivity index (χ4n) is 3.17. The van der Waals surface area contributed by atoms with Crippen LogP contribution < -0.4 is 4.74 Å². The smallest absolute Gasteiger partial charge is 0.122 e. The molecule has 3 aromatic rings. The van der Waals surface area contributed by atoms with Gasteiger partial charge in [0.1, 0.15) is 5.75 Å². The highest BCUT2D eigenvalue weighted by atomic mass is 35.5. The standard InChI is InChI=1S/C21H20ClNO2.ClH/c1-21(24,15-8-7-9-16(22)14-15)20(18-11-5-6-13-23-18)17-10-3-4-12-19(17)25-2;/h3-14,20,24H,1-2H3;1H. The molecular weight excluding hydrogens is 369 g/mol. The Morgan fingerprint density at radius 3 is 2.42 bits per heavy atom. The molecule has 0 spiro atoms. The summed E-state index contributed by atoms with van der Waals surface area (Å²) in [7, 11) is 1.63. The van der Waals surface area contributed by atoms with Crippen molar-refractivity contribution in [1.29, 1.82) is 0 Å². The Morgan fingerprint density at radius 2 is 1.77 bits per heavy atom. The third kappa shape index (κ3) is 4.01. The Hall–Kier alpha value is -2.07. The summed E-state index contributed by atoms with van der Waals surface area (Å²) in [5.41, 5.74) is 1.13. The summed E-state index contributed by atoms with van der Waals surface area (Å²) in [6.07, 6.45) is 1.73. The van der Waals surface area contributed by atoms with Crippen LogP contribution in [-0.4, -0.2) is 17.2 Å². The number of nitrogens with zero attached hydrogens (tertiary/aromatic N) is 1. The number of rotatable bonds is 5. The third-order valence-corrected chi connectivity index (χ3v) is 4.64. The molecule has 26 heavy (non-hydrogen) atoms. The van der Waals surface area contributed by atoms with Gasteiger partial charge in [-0.2, -0.15) is 0 Å². The predicted molar refractivity (Wildman–Crippen MR) is 107 cm³/mol. The maximum atomic E-state index is 11.5. The summed E-state index contributed by atoms with van der Waals surface area (Å²) in [5.74, 6) is 0.295. The molecular formula is C21H21Cl2NO2. The van der Waals surface area contributed by atoms with E-state index < -0.39 is 11.5 Å². The first-order valence-electron chi connectivity index (χ1n) is 8.06. The molecule has 0 amide bonds. The molecule has 1 aromatic heterocycles. The van der Waals surface area contributed by atoms with E-state index in [-0.39, 0.29) is 12.4 Å². The zero-order chi connectivity index (χ0) is 17.9. The van der Waals surface area contributed by atoms with E-state index in [1.165, 1.54) is 0 Å². The normalized spacial score (nSPS) is 14.0. The van der Waals surface area contributed by atoms with Gasteiger partial charge in [0.25, 0.3) is 0 Å². The number of halogens is 2. The van der Waals surface area contributed by atoms with Gasteiger partial charge in [-0.3, -0.25) is 4.98 Å². The van der Waals surface area contributed by atoms with E-state index in [1.54, 1.807) is 32.4 Å². The number of ether oxygens (including phenoxy) is 1. The topological polar surface area (TPSA) is 42.4 Å². The Bertz CT molecular complexity index is 853. The van der Waals surface area contributed by atoms with Crippen LogP contribution in [0.25, 0.3) is 0 Å². The highest BCUT2D eigenvalue weighted by molar-refractivity contribution is 6.30. The monoisotopic (exact) mass is 389 g/mol. The molecule has 1 heterocycles. The lowest BCUT2D eigenvalue weighted by atomic mass is 9.76. The quantitative estimate of drug-likeness (QED) is 0.651. The molecule has 0 aliphatic heterocycles. The molecule has 0 saturated carbocycles. The van der Waals surface area contributed by atoms with Crippen LogP contribution in [-0.2, 0) is 5.60 Å². The van der Waals surface area contributed by atoms with E-state index >= 15 is 0 Å². The Kier molecular flexibility index (Phi) is 6.65. The summed E-state index contributed by atoms with van der Waals surface area (Å²) in [4.78, 5) is 4.50. The molecule has 1 N–H and O–H groups in total. The van der Waals surface area contributed by atoms with Crippen molar-refractivity contribution in [3.8, 4) is 5.75 Å². The van der Waals surface area contributed by atoms with E-state index in [2.05, 4.69) is 4.98 Å². The van der Waals surface area contributed by atoms with Gasteiger partial charge in [0, 0.05) is 16.8 Å². The molecule has 0 radical (unpaired) electrons. The van der Waals surface area contributed by atoms with Crippen LogP contribution in [0.4, 0.5) is 0 Å². The van der Waals surface area contributed by atoms with E-state index in [0.717, 1.165) is 16.8 Å². The van der Waals surface area contributed by atoms with Gasteiger partial charge in [0.2, 0.25) is 0 Å². The number of pyridine rings is 1. The Labute approximate surface area is 165 Å². The number of aromatic nitrogens is 1. The largest absolute Gasteiger partial charge is 0.496 e. The van der Waals surface area contributed by atoms with Gasteiger partial charge >= 0.3 is 0 Å². The fraction of sp³-hybridized carbons (Fsp3) is 0.190. The van der Waals surface area contributed by atoms with Crippen molar-refractivity contribution in [1.82, 2.24) is 4.98 Å². The van der Waals surface area contributed by atoms with Gasteiger partial charge in [0.15, 0.2) is 0 Å². The van der Waals surface area contributed by atoms with Crippen molar-refractivity contribution >= 4 is 24.0 Å². The van der Waals surface area contributed by atoms with Crippen molar-refractivity contribution in [3.63, 3.8) is 0 Å². The van der Waals surface area contributed by atoms with Crippen LogP contribution in [0.15, 0.2) is 72.9 Å². The number of hydrogen-bond acceptors (Lipinski definition) is 3. The van der Waals surface area contributed by atoms with Crippen LogP contribution >= 0.6 is 24.0 Å². The average molecular weight is 390 g/mol. The highest BCUT2D eigenvalue weighted by Gasteiger charge is 2.38. The van der Waals surface area contributed by atoms with Gasteiger partial charge < -0.3 is 9.84 Å². The molecule has 0 saturated heterocycles. The summed E-state index contributed by atoms with van der Waals surface area (Å²) >= 11 is 6.15. The Balaban J connectivity index is 0.00000243. The molecule has 5 heteroatoms. The summed E-state index contributed by atoms with van der Waals surface area (Å²) < 4.78 is 5.54. The number of para-hydroxylation sites is 1. The lowest BCUT2D eigenvalue weighted by molar-refractivity contribution is 0.0373. The van der Waals surface area contributed by atoms with Crippen LogP contribution in [0.1, 0.15) is 29.7 Å². The number of aliphatic hydroxyl groups is 1. The second kappa shape index (κ2) is 8.54. The average Bonchev–Trinajstić information content (AvgIpc) is 2.63. The molecule has 2 unspecified atom stereocenters.